The van der Waals surface area contributed by atoms with Crippen LogP contribution in [0.3, 0.4) is 0 Å². The van der Waals surface area contributed by atoms with E-state index in [0.29, 0.717) is 19.5 Å². The van der Waals surface area contributed by atoms with Gasteiger partial charge < -0.3 is 19.8 Å². The van der Waals surface area contributed by atoms with Crippen LogP contribution in [0, 0.1) is 23.7 Å². The van der Waals surface area contributed by atoms with Crippen LogP contribution in [0.15, 0.2) is 67.8 Å². The van der Waals surface area contributed by atoms with Gasteiger partial charge in [0, 0.05) is 30.6 Å². The average Bonchev–Trinajstić information content (AvgIpc) is 3.61. The van der Waals surface area contributed by atoms with Crippen molar-refractivity contribution in [2.45, 2.75) is 69.0 Å². The van der Waals surface area contributed by atoms with E-state index in [0.717, 1.165) is 29.3 Å². The van der Waals surface area contributed by atoms with Crippen LogP contribution in [0.5, 0.6) is 0 Å². The molecule has 2 bridgehead atoms. The van der Waals surface area contributed by atoms with Gasteiger partial charge in [0.15, 0.2) is 0 Å². The van der Waals surface area contributed by atoms with E-state index in [4.69, 9.17) is 0 Å². The van der Waals surface area contributed by atoms with Crippen molar-refractivity contribution >= 4 is 45.9 Å². The van der Waals surface area contributed by atoms with Gasteiger partial charge in [-0.05, 0) is 54.0 Å². The summed E-state index contributed by atoms with van der Waals surface area (Å²) in [7, 11) is 0. The summed E-state index contributed by atoms with van der Waals surface area (Å²) in [5, 5.41) is 12.8. The van der Waals surface area contributed by atoms with E-state index in [1.807, 2.05) is 54.3 Å². The minimum Gasteiger partial charge on any atom is -0.394 e. The topological polar surface area (TPSA) is 81.2 Å². The smallest absolute Gasteiger partial charge is 0.251 e. The number of anilines is 1. The first-order valence-corrected chi connectivity index (χ1v) is 16.9. The van der Waals surface area contributed by atoms with Crippen molar-refractivity contribution in [2.75, 3.05) is 31.1 Å². The number of fused-ring (bicyclic) bond motifs is 2. The Hall–Kier alpha value is -3.10. The Morgan fingerprint density at radius 3 is 2.45 bits per heavy atom. The highest BCUT2D eigenvalue weighted by atomic mass is 32.2. The number of aliphatic hydroxyl groups is 1. The van der Waals surface area contributed by atoms with E-state index < -0.39 is 28.7 Å². The van der Waals surface area contributed by atoms with Crippen LogP contribution < -0.4 is 4.90 Å². The van der Waals surface area contributed by atoms with E-state index >= 15 is 4.79 Å². The molecular weight excluding hydrogens is 570 g/mol. The molecule has 1 spiro atoms. The predicted molar refractivity (Wildman–Crippen MR) is 179 cm³/mol. The van der Waals surface area contributed by atoms with Crippen LogP contribution >= 0.6 is 11.8 Å². The van der Waals surface area contributed by atoms with Crippen molar-refractivity contribution in [3.8, 4) is 0 Å². The number of benzene rings is 2. The standard InChI is InChI=1S/C36H47N3O4S/c1-7-16-37(17-8-2)33(41)30-29-20-24(6)36(44-29)31(30)34(42)39(28(22-40)19-23(4)5)32(36)35(43)38(18-9-3)27-15-14-25-12-10-11-13-26(25)21-27/h7,9-15,21,23-24,28-32,40H,1,3,8,16-20,22H2,2,4-6H3/t24?,28-,29+,30-,31+,32?,36?/m1/s1. The molecule has 7 atom stereocenters. The predicted octanol–water partition coefficient (Wildman–Crippen LogP) is 5.53. The number of likely N-dealkylation sites (tertiary alicyclic amines) is 1. The summed E-state index contributed by atoms with van der Waals surface area (Å²) in [6.45, 7) is 17.2. The number of aliphatic hydroxyl groups excluding tert-OH is 1. The molecule has 44 heavy (non-hydrogen) atoms. The Kier molecular flexibility index (Phi) is 9.61. The number of carbonyl (C=O) groups excluding carboxylic acids is 3. The first kappa shape index (κ1) is 32.3. The molecule has 1 N–H and O–H groups in total. The number of thioether (sulfide) groups is 1. The van der Waals surface area contributed by atoms with Crippen molar-refractivity contribution in [1.82, 2.24) is 9.80 Å². The Labute approximate surface area is 266 Å². The Morgan fingerprint density at radius 2 is 1.82 bits per heavy atom. The van der Waals surface area contributed by atoms with Gasteiger partial charge in [0.2, 0.25) is 11.8 Å². The summed E-state index contributed by atoms with van der Waals surface area (Å²) in [4.78, 5) is 49.4. The number of hydrogen-bond donors (Lipinski definition) is 1. The second kappa shape index (κ2) is 13.1. The highest BCUT2D eigenvalue weighted by Crippen LogP contribution is 2.69. The molecule has 0 aliphatic carbocycles. The number of rotatable bonds is 13. The van der Waals surface area contributed by atoms with E-state index in [2.05, 4.69) is 33.9 Å². The van der Waals surface area contributed by atoms with Gasteiger partial charge in [0.1, 0.15) is 6.04 Å². The van der Waals surface area contributed by atoms with Gasteiger partial charge in [-0.25, -0.2) is 0 Å². The Morgan fingerprint density at radius 1 is 1.11 bits per heavy atom. The molecule has 2 aromatic rings. The van der Waals surface area contributed by atoms with Gasteiger partial charge in [-0.15, -0.1) is 24.9 Å². The summed E-state index contributed by atoms with van der Waals surface area (Å²) < 4.78 is -0.772. The largest absolute Gasteiger partial charge is 0.394 e. The highest BCUT2D eigenvalue weighted by Gasteiger charge is 2.77. The summed E-state index contributed by atoms with van der Waals surface area (Å²) in [5.74, 6) is -1.28. The van der Waals surface area contributed by atoms with E-state index in [-0.39, 0.29) is 48.0 Å². The summed E-state index contributed by atoms with van der Waals surface area (Å²) in [5.41, 5.74) is 0.739. The van der Waals surface area contributed by atoms with E-state index in [1.165, 1.54) is 0 Å². The summed E-state index contributed by atoms with van der Waals surface area (Å²) in [6, 6.07) is 12.7. The van der Waals surface area contributed by atoms with Gasteiger partial charge in [-0.1, -0.05) is 70.2 Å². The zero-order chi connectivity index (χ0) is 31.8. The van der Waals surface area contributed by atoms with Gasteiger partial charge in [-0.3, -0.25) is 14.4 Å². The molecule has 3 heterocycles. The van der Waals surface area contributed by atoms with Crippen molar-refractivity contribution in [2.24, 2.45) is 23.7 Å². The van der Waals surface area contributed by atoms with Crippen LogP contribution in [0.25, 0.3) is 10.8 Å². The molecule has 3 aliphatic rings. The maximum Gasteiger partial charge on any atom is 0.251 e. The zero-order valence-electron chi connectivity index (χ0n) is 26.5. The fourth-order valence-corrected chi connectivity index (χ4v) is 10.5. The maximum atomic E-state index is 15.1. The van der Waals surface area contributed by atoms with Gasteiger partial charge >= 0.3 is 0 Å². The number of nitrogens with zero attached hydrogens (tertiary/aromatic N) is 3. The van der Waals surface area contributed by atoms with Gasteiger partial charge in [0.05, 0.1) is 29.2 Å². The van der Waals surface area contributed by atoms with Crippen molar-refractivity contribution < 1.29 is 19.5 Å². The third-order valence-corrected chi connectivity index (χ3v) is 11.9. The lowest BCUT2D eigenvalue weighted by Gasteiger charge is -2.42. The van der Waals surface area contributed by atoms with Crippen LogP contribution in [0.1, 0.15) is 47.0 Å². The lowest BCUT2D eigenvalue weighted by Crippen LogP contribution is -2.59. The molecule has 0 saturated carbocycles. The second-order valence-corrected chi connectivity index (χ2v) is 14.7. The minimum atomic E-state index is -0.816. The molecule has 3 saturated heterocycles. The number of hydrogen-bond acceptors (Lipinski definition) is 5. The van der Waals surface area contributed by atoms with Crippen LogP contribution in [-0.4, -0.2) is 80.9 Å². The van der Waals surface area contributed by atoms with Crippen LogP contribution in [-0.2, 0) is 14.4 Å². The zero-order valence-corrected chi connectivity index (χ0v) is 27.3. The molecule has 3 fully saturated rings. The molecule has 2 aromatic carbocycles. The molecule has 0 radical (unpaired) electrons. The fourth-order valence-electron chi connectivity index (χ4n) is 8.11. The average molecular weight is 618 g/mol. The van der Waals surface area contributed by atoms with Crippen molar-refractivity contribution in [3.05, 3.63) is 67.8 Å². The SMILES string of the molecule is C=CCN(CCC)C(=O)[C@@H]1[C@@H]2CC(C)C3(S2)C(C(=O)N(CC=C)c2ccc4ccccc4c2)N([C@@H](CO)CC(C)C)C(=O)[C@H]13. The van der Waals surface area contributed by atoms with Crippen LogP contribution in [0.4, 0.5) is 5.69 Å². The molecule has 3 unspecified atom stereocenters. The summed E-state index contributed by atoms with van der Waals surface area (Å²) in [6.07, 6.45) is 5.59. The lowest BCUT2D eigenvalue weighted by atomic mass is 9.65. The molecule has 3 aliphatic heterocycles. The van der Waals surface area contributed by atoms with Crippen molar-refractivity contribution in [3.63, 3.8) is 0 Å². The Bertz CT molecular complexity index is 1430. The molecule has 236 valence electrons. The molecule has 0 aromatic heterocycles. The summed E-state index contributed by atoms with van der Waals surface area (Å²) >= 11 is 1.68. The fraction of sp³-hybridized carbons (Fsp3) is 0.528. The van der Waals surface area contributed by atoms with Crippen LogP contribution in [0.2, 0.25) is 0 Å². The van der Waals surface area contributed by atoms with Gasteiger partial charge in [-0.2, -0.15) is 0 Å². The molecule has 7 nitrogen and oxygen atoms in total. The Balaban J connectivity index is 1.64. The van der Waals surface area contributed by atoms with E-state index in [9.17, 15) is 14.7 Å². The molecular formula is C36H47N3O4S. The first-order chi connectivity index (χ1) is 21.1. The minimum absolute atomic E-state index is 0.0219. The van der Waals surface area contributed by atoms with Gasteiger partial charge in [0.25, 0.3) is 5.91 Å². The monoisotopic (exact) mass is 617 g/mol. The third kappa shape index (κ3) is 5.28. The quantitative estimate of drug-likeness (QED) is 0.299. The third-order valence-electron chi connectivity index (χ3n) is 9.83. The molecule has 8 heteroatoms. The van der Waals surface area contributed by atoms with E-state index in [1.54, 1.807) is 33.7 Å². The number of amides is 3. The van der Waals surface area contributed by atoms with Crippen molar-refractivity contribution in [1.29, 1.82) is 0 Å². The lowest BCUT2D eigenvalue weighted by molar-refractivity contribution is -0.145. The number of carbonyl (C=O) groups is 3. The highest BCUT2D eigenvalue weighted by molar-refractivity contribution is 8.02. The normalized spacial score (nSPS) is 27.9. The second-order valence-electron chi connectivity index (χ2n) is 13.1. The first-order valence-electron chi connectivity index (χ1n) is 16.1. The molecule has 5 rings (SSSR count). The maximum absolute atomic E-state index is 15.1. The molecule has 3 amide bonds.